The van der Waals surface area contributed by atoms with E-state index in [-0.39, 0.29) is 22.0 Å². The van der Waals surface area contributed by atoms with Crippen molar-refractivity contribution in [3.8, 4) is 17.0 Å². The summed E-state index contributed by atoms with van der Waals surface area (Å²) in [4.78, 5) is 28.4. The number of halogens is 2. The molecule has 33 heavy (non-hydrogen) atoms. The zero-order valence-electron chi connectivity index (χ0n) is 18.0. The van der Waals surface area contributed by atoms with Crippen molar-refractivity contribution in [2.75, 3.05) is 13.6 Å². The Balaban J connectivity index is 1.71. The van der Waals surface area contributed by atoms with Crippen molar-refractivity contribution < 1.29 is 18.5 Å². The molecule has 1 fully saturated rings. The van der Waals surface area contributed by atoms with Gasteiger partial charge in [0.15, 0.2) is 12.2 Å². The summed E-state index contributed by atoms with van der Waals surface area (Å²) in [6, 6.07) is 4.30. The van der Waals surface area contributed by atoms with Gasteiger partial charge in [0.05, 0.1) is 15.9 Å². The molecule has 0 atom stereocenters. The Morgan fingerprint density at radius 2 is 2.21 bits per heavy atom. The van der Waals surface area contributed by atoms with Crippen molar-refractivity contribution in [1.29, 1.82) is 0 Å². The second-order valence-corrected chi connectivity index (χ2v) is 8.95. The van der Waals surface area contributed by atoms with Crippen LogP contribution >= 0.6 is 23.8 Å². The van der Waals surface area contributed by atoms with Crippen LogP contribution in [0.1, 0.15) is 42.6 Å². The molecular formula is C22H22ClFN4O4S. The molecule has 0 spiro atoms. The summed E-state index contributed by atoms with van der Waals surface area (Å²) in [5.41, 5.74) is 2.77. The van der Waals surface area contributed by atoms with Crippen LogP contribution in [0, 0.1) is 5.82 Å². The molecule has 0 unspecified atom stereocenters. The van der Waals surface area contributed by atoms with E-state index < -0.39 is 22.8 Å². The first-order chi connectivity index (χ1) is 15.8. The number of carboxylic acid groups (broad SMARTS) is 1. The molecule has 0 aliphatic heterocycles. The Bertz CT molecular complexity index is 1260. The van der Waals surface area contributed by atoms with Gasteiger partial charge in [-0.2, -0.15) is 4.41 Å². The highest BCUT2D eigenvalue weighted by atomic mass is 35.5. The first-order valence-electron chi connectivity index (χ1n) is 10.4. The molecule has 2 heterocycles. The number of hydrogen-bond acceptors (Lipinski definition) is 7. The van der Waals surface area contributed by atoms with Gasteiger partial charge in [-0.1, -0.05) is 18.5 Å². The molecule has 174 valence electrons. The number of nitrogens with one attached hydrogen (secondary N) is 1. The normalized spacial score (nSPS) is 13.6. The van der Waals surface area contributed by atoms with E-state index in [1.54, 1.807) is 21.1 Å². The van der Waals surface area contributed by atoms with Crippen molar-refractivity contribution in [2.24, 2.45) is 0 Å². The number of benzene rings is 1. The molecule has 1 aliphatic rings. The van der Waals surface area contributed by atoms with E-state index >= 15 is 4.39 Å². The number of hydrazine groups is 1. The Hall–Kier alpha value is -2.66. The van der Waals surface area contributed by atoms with E-state index in [0.29, 0.717) is 17.0 Å². The zero-order chi connectivity index (χ0) is 23.7. The minimum atomic E-state index is -1.36. The highest BCUT2D eigenvalue weighted by molar-refractivity contribution is 7.92. The van der Waals surface area contributed by atoms with Crippen molar-refractivity contribution in [3.05, 3.63) is 57.2 Å². The number of hydrogen-bond donors (Lipinski definition) is 2. The second kappa shape index (κ2) is 9.68. The minimum Gasteiger partial charge on any atom is -0.477 e. The molecule has 0 amide bonds. The monoisotopic (exact) mass is 492 g/mol. The third kappa shape index (κ3) is 4.84. The molecule has 1 aliphatic carbocycles. The number of aromatic carboxylic acids is 1. The number of nitrogens with zero attached hydrogens (tertiary/aromatic N) is 3. The lowest BCUT2D eigenvalue weighted by atomic mass is 10.0. The van der Waals surface area contributed by atoms with E-state index in [0.717, 1.165) is 44.1 Å². The van der Waals surface area contributed by atoms with Crippen molar-refractivity contribution in [2.45, 2.75) is 32.2 Å². The quantitative estimate of drug-likeness (QED) is 0.252. The molecule has 2 N–H and O–H groups in total. The first-order valence-corrected chi connectivity index (χ1v) is 11.5. The molecule has 1 aromatic carbocycles. The molecule has 2 aromatic heterocycles. The van der Waals surface area contributed by atoms with Gasteiger partial charge in [-0.3, -0.25) is 4.79 Å². The van der Waals surface area contributed by atoms with E-state index in [9.17, 15) is 14.7 Å². The van der Waals surface area contributed by atoms with E-state index in [4.69, 9.17) is 15.8 Å². The Kier molecular flexibility index (Phi) is 6.89. The van der Waals surface area contributed by atoms with Crippen molar-refractivity contribution in [3.63, 3.8) is 0 Å². The Morgan fingerprint density at radius 3 is 2.82 bits per heavy atom. The van der Waals surface area contributed by atoms with Gasteiger partial charge in [-0.05, 0) is 31.4 Å². The fourth-order valence-corrected chi connectivity index (χ4v) is 4.30. The average Bonchev–Trinajstić information content (AvgIpc) is 3.63. The van der Waals surface area contributed by atoms with Crippen LogP contribution in [0.15, 0.2) is 35.4 Å². The molecular weight excluding hydrogens is 471 g/mol. The van der Waals surface area contributed by atoms with E-state index in [2.05, 4.69) is 17.3 Å². The SMILES string of the molecule is CCCNN(C)SOc1ccc(-c2c(F)cc3c(=O)c(C(=O)O)cn(C4CC4)c3c2Cl)cn1. The third-order valence-corrected chi connectivity index (χ3v) is 6.19. The highest BCUT2D eigenvalue weighted by Gasteiger charge is 2.29. The number of rotatable bonds is 9. The third-order valence-electron chi connectivity index (χ3n) is 5.22. The smallest absolute Gasteiger partial charge is 0.341 e. The average molecular weight is 493 g/mol. The topological polar surface area (TPSA) is 96.7 Å². The van der Waals surface area contributed by atoms with Crippen LogP contribution in [0.5, 0.6) is 5.88 Å². The maximum absolute atomic E-state index is 15.1. The Labute approximate surface area is 198 Å². The van der Waals surface area contributed by atoms with Crippen LogP contribution in [0.25, 0.3) is 22.0 Å². The second-order valence-electron chi connectivity index (χ2n) is 7.71. The molecule has 0 radical (unpaired) electrons. The van der Waals surface area contributed by atoms with Crippen LogP contribution in [0.3, 0.4) is 0 Å². The first kappa shape index (κ1) is 23.5. The molecule has 4 rings (SSSR count). The highest BCUT2D eigenvalue weighted by Crippen LogP contribution is 2.42. The minimum absolute atomic E-state index is 0.0197. The maximum Gasteiger partial charge on any atom is 0.341 e. The molecule has 0 saturated heterocycles. The van der Waals surface area contributed by atoms with E-state index in [1.165, 1.54) is 12.4 Å². The summed E-state index contributed by atoms with van der Waals surface area (Å²) in [5, 5.41) is 9.39. The van der Waals surface area contributed by atoms with Gasteiger partial charge in [0, 0.05) is 49.2 Å². The van der Waals surface area contributed by atoms with Gasteiger partial charge in [0.25, 0.3) is 0 Å². The van der Waals surface area contributed by atoms with Crippen molar-refractivity contribution in [1.82, 2.24) is 19.4 Å². The summed E-state index contributed by atoms with van der Waals surface area (Å²) in [6.45, 7) is 2.86. The number of carbonyl (C=O) groups is 1. The van der Waals surface area contributed by atoms with Crippen LogP contribution < -0.4 is 15.0 Å². The van der Waals surface area contributed by atoms with Gasteiger partial charge in [0.2, 0.25) is 11.3 Å². The lowest BCUT2D eigenvalue weighted by molar-refractivity contribution is 0.0695. The van der Waals surface area contributed by atoms with Crippen LogP contribution in [0.4, 0.5) is 4.39 Å². The van der Waals surface area contributed by atoms with Crippen LogP contribution in [0.2, 0.25) is 5.02 Å². The van der Waals surface area contributed by atoms with Gasteiger partial charge in [-0.25, -0.2) is 19.6 Å². The fraction of sp³-hybridized carbons (Fsp3) is 0.318. The number of pyridine rings is 2. The lowest BCUT2D eigenvalue weighted by Crippen LogP contribution is -2.29. The fourth-order valence-electron chi connectivity index (χ4n) is 3.47. The molecule has 3 aromatic rings. The predicted molar refractivity (Wildman–Crippen MR) is 126 cm³/mol. The largest absolute Gasteiger partial charge is 0.477 e. The lowest BCUT2D eigenvalue weighted by Gasteiger charge is -2.16. The summed E-state index contributed by atoms with van der Waals surface area (Å²) in [7, 11) is 1.81. The van der Waals surface area contributed by atoms with Gasteiger partial charge >= 0.3 is 5.97 Å². The van der Waals surface area contributed by atoms with Crippen LogP contribution in [-0.4, -0.2) is 38.6 Å². The predicted octanol–water partition coefficient (Wildman–Crippen LogP) is 4.68. The maximum atomic E-state index is 15.1. The summed E-state index contributed by atoms with van der Waals surface area (Å²) >= 11 is 7.70. The molecule has 11 heteroatoms. The molecule has 8 nitrogen and oxygen atoms in total. The summed E-state index contributed by atoms with van der Waals surface area (Å²) in [6.07, 6.45) is 5.37. The summed E-state index contributed by atoms with van der Waals surface area (Å²) < 4.78 is 24.1. The molecule has 1 saturated carbocycles. The van der Waals surface area contributed by atoms with Gasteiger partial charge in [0.1, 0.15) is 11.4 Å². The summed E-state index contributed by atoms with van der Waals surface area (Å²) in [5.74, 6) is -1.76. The number of carboxylic acids is 1. The molecule has 0 bridgehead atoms. The zero-order valence-corrected chi connectivity index (χ0v) is 19.5. The standard InChI is InChI=1S/C22H22ClFN4O4S/c1-3-8-26-27(2)33-32-17-7-4-12(10-25-17)18-16(24)9-14-20(19(18)23)28(13-5-6-13)11-15(21(14)29)22(30)31/h4,7,9-11,13,26H,3,5-6,8H2,1-2H3,(H,30,31). The number of fused-ring (bicyclic) bond motifs is 1. The van der Waals surface area contributed by atoms with Crippen molar-refractivity contribution >= 4 is 40.7 Å². The van der Waals surface area contributed by atoms with E-state index in [1.807, 2.05) is 7.05 Å². The Morgan fingerprint density at radius 1 is 1.45 bits per heavy atom. The van der Waals surface area contributed by atoms with Gasteiger partial charge < -0.3 is 13.9 Å². The van der Waals surface area contributed by atoms with Crippen LogP contribution in [-0.2, 0) is 0 Å². The van der Waals surface area contributed by atoms with Gasteiger partial charge in [-0.15, -0.1) is 0 Å². The number of aromatic nitrogens is 2.